The fourth-order valence-corrected chi connectivity index (χ4v) is 1.59. The van der Waals surface area contributed by atoms with Crippen molar-refractivity contribution >= 4 is 29.1 Å². The maximum absolute atomic E-state index is 11.9. The second kappa shape index (κ2) is 6.26. The van der Waals surface area contributed by atoms with Gasteiger partial charge in [0.15, 0.2) is 0 Å². The van der Waals surface area contributed by atoms with Crippen LogP contribution in [0.25, 0.3) is 0 Å². The molecule has 0 saturated carbocycles. The van der Waals surface area contributed by atoms with Crippen LogP contribution in [0, 0.1) is 0 Å². The number of rotatable bonds is 4. The first-order valence-corrected chi connectivity index (χ1v) is 5.97. The van der Waals surface area contributed by atoms with Gasteiger partial charge in [0.05, 0.1) is 10.6 Å². The molecule has 0 radical (unpaired) electrons. The number of nitrogens with two attached hydrogens (primary N) is 1. The number of hydrogen-bond donors (Lipinski definition) is 3. The number of halogens is 1. The summed E-state index contributed by atoms with van der Waals surface area (Å²) in [6.45, 7) is 3.92. The zero-order valence-corrected chi connectivity index (χ0v) is 11.0. The van der Waals surface area contributed by atoms with Crippen LogP contribution in [0.5, 0.6) is 0 Å². The quantitative estimate of drug-likeness (QED) is 0.718. The molecule has 0 aliphatic carbocycles. The molecule has 1 aromatic carbocycles. The number of nitrogen functional groups attached to an aromatic ring is 1. The molecular formula is C12H16ClN3O2. The van der Waals surface area contributed by atoms with Gasteiger partial charge in [-0.05, 0) is 32.0 Å². The molecule has 1 aromatic rings. The molecule has 0 aromatic heterocycles. The Bertz CT molecular complexity index is 463. The third-order valence-electron chi connectivity index (χ3n) is 2.33. The van der Waals surface area contributed by atoms with E-state index in [1.807, 2.05) is 0 Å². The van der Waals surface area contributed by atoms with Crippen molar-refractivity contribution in [1.82, 2.24) is 10.6 Å². The zero-order chi connectivity index (χ0) is 13.7. The molecule has 0 spiro atoms. The molecule has 0 saturated heterocycles. The van der Waals surface area contributed by atoms with Crippen LogP contribution in [-0.2, 0) is 4.79 Å². The predicted molar refractivity (Wildman–Crippen MR) is 71.5 cm³/mol. The lowest BCUT2D eigenvalue weighted by atomic mass is 10.1. The zero-order valence-electron chi connectivity index (χ0n) is 10.3. The predicted octanol–water partition coefficient (Wildman–Crippen LogP) is 1.18. The first-order valence-electron chi connectivity index (χ1n) is 5.59. The monoisotopic (exact) mass is 269 g/mol. The minimum absolute atomic E-state index is 0.245. The van der Waals surface area contributed by atoms with Gasteiger partial charge in [-0.3, -0.25) is 9.59 Å². The topological polar surface area (TPSA) is 84.2 Å². The summed E-state index contributed by atoms with van der Waals surface area (Å²) in [5.74, 6) is -0.670. The minimum atomic E-state index is -0.630. The van der Waals surface area contributed by atoms with Crippen LogP contribution in [0.2, 0.25) is 5.02 Å². The summed E-state index contributed by atoms with van der Waals surface area (Å²) in [6.07, 6.45) is 0. The number of benzene rings is 1. The van der Waals surface area contributed by atoms with Crippen LogP contribution in [0.4, 0.5) is 5.69 Å². The molecule has 0 aliphatic heterocycles. The number of anilines is 1. The van der Waals surface area contributed by atoms with Gasteiger partial charge in [0, 0.05) is 12.2 Å². The van der Waals surface area contributed by atoms with Crippen molar-refractivity contribution in [3.05, 3.63) is 28.8 Å². The Morgan fingerprint density at radius 2 is 2.11 bits per heavy atom. The molecule has 2 amide bonds. The summed E-state index contributed by atoms with van der Waals surface area (Å²) < 4.78 is 0. The summed E-state index contributed by atoms with van der Waals surface area (Å²) in [6, 6.07) is 3.99. The fraction of sp³-hybridized carbons (Fsp3) is 0.333. The molecule has 5 nitrogen and oxygen atoms in total. The van der Waals surface area contributed by atoms with Gasteiger partial charge in [-0.1, -0.05) is 11.6 Å². The molecule has 98 valence electrons. The van der Waals surface area contributed by atoms with Crippen LogP contribution < -0.4 is 16.4 Å². The van der Waals surface area contributed by atoms with E-state index in [9.17, 15) is 9.59 Å². The molecular weight excluding hydrogens is 254 g/mol. The maximum Gasteiger partial charge on any atom is 0.253 e. The molecule has 6 heteroatoms. The molecule has 18 heavy (non-hydrogen) atoms. The van der Waals surface area contributed by atoms with E-state index in [4.69, 9.17) is 17.3 Å². The van der Waals surface area contributed by atoms with E-state index in [2.05, 4.69) is 10.6 Å². The lowest BCUT2D eigenvalue weighted by molar-refractivity contribution is -0.122. The highest BCUT2D eigenvalue weighted by molar-refractivity contribution is 6.34. The highest BCUT2D eigenvalue weighted by atomic mass is 35.5. The summed E-state index contributed by atoms with van der Waals surface area (Å²) in [5, 5.41) is 5.47. The number of carbonyl (C=O) groups is 2. The van der Waals surface area contributed by atoms with Gasteiger partial charge in [-0.15, -0.1) is 0 Å². The number of nitrogens with one attached hydrogen (secondary N) is 2. The first kappa shape index (κ1) is 14.3. The Morgan fingerprint density at radius 3 is 2.72 bits per heavy atom. The molecule has 0 aliphatic rings. The van der Waals surface area contributed by atoms with Gasteiger partial charge < -0.3 is 16.4 Å². The fourth-order valence-electron chi connectivity index (χ4n) is 1.38. The summed E-state index contributed by atoms with van der Waals surface area (Å²) >= 11 is 5.90. The van der Waals surface area contributed by atoms with Crippen molar-refractivity contribution in [2.24, 2.45) is 0 Å². The number of carbonyl (C=O) groups excluding carboxylic acids is 2. The van der Waals surface area contributed by atoms with E-state index in [1.54, 1.807) is 26.0 Å². The largest absolute Gasteiger partial charge is 0.399 e. The highest BCUT2D eigenvalue weighted by Gasteiger charge is 2.17. The second-order valence-corrected chi connectivity index (χ2v) is 4.24. The number of likely N-dealkylation sites (N-methyl/N-ethyl adjacent to an activating group) is 1. The number of amides is 2. The average Bonchev–Trinajstić information content (AvgIpc) is 2.32. The van der Waals surface area contributed by atoms with Crippen LogP contribution in [0.3, 0.4) is 0 Å². The Kier molecular flexibility index (Phi) is 4.97. The molecule has 0 heterocycles. The molecule has 0 bridgehead atoms. The molecule has 1 rings (SSSR count). The van der Waals surface area contributed by atoms with Crippen molar-refractivity contribution in [2.45, 2.75) is 19.9 Å². The van der Waals surface area contributed by atoms with E-state index in [0.29, 0.717) is 17.3 Å². The van der Waals surface area contributed by atoms with E-state index >= 15 is 0 Å². The SMILES string of the molecule is CCNC(=O)C(C)NC(=O)c1cc(N)ccc1Cl. The van der Waals surface area contributed by atoms with Crippen molar-refractivity contribution in [3.8, 4) is 0 Å². The standard InChI is InChI=1S/C12H16ClN3O2/c1-3-15-11(17)7(2)16-12(18)9-6-8(14)4-5-10(9)13/h4-7H,3,14H2,1-2H3,(H,15,17)(H,16,18). The van der Waals surface area contributed by atoms with Crippen molar-refractivity contribution in [1.29, 1.82) is 0 Å². The van der Waals surface area contributed by atoms with Gasteiger partial charge in [0.25, 0.3) is 5.91 Å². The van der Waals surface area contributed by atoms with Gasteiger partial charge in [-0.2, -0.15) is 0 Å². The Balaban J connectivity index is 2.76. The maximum atomic E-state index is 11.9. The van der Waals surface area contributed by atoms with Crippen molar-refractivity contribution in [2.75, 3.05) is 12.3 Å². The van der Waals surface area contributed by atoms with Gasteiger partial charge in [-0.25, -0.2) is 0 Å². The van der Waals surface area contributed by atoms with E-state index < -0.39 is 11.9 Å². The highest BCUT2D eigenvalue weighted by Crippen LogP contribution is 2.18. The summed E-state index contributed by atoms with van der Waals surface area (Å²) in [5.41, 5.74) is 6.28. The van der Waals surface area contributed by atoms with Crippen molar-refractivity contribution < 1.29 is 9.59 Å². The van der Waals surface area contributed by atoms with E-state index in [0.717, 1.165) is 0 Å². The van der Waals surface area contributed by atoms with E-state index in [1.165, 1.54) is 6.07 Å². The Hall–Kier alpha value is -1.75. The first-order chi connectivity index (χ1) is 8.45. The summed E-state index contributed by atoms with van der Waals surface area (Å²) in [4.78, 5) is 23.4. The second-order valence-electron chi connectivity index (χ2n) is 3.83. The van der Waals surface area contributed by atoms with Crippen LogP contribution in [-0.4, -0.2) is 24.4 Å². The smallest absolute Gasteiger partial charge is 0.253 e. The van der Waals surface area contributed by atoms with Crippen LogP contribution in [0.1, 0.15) is 24.2 Å². The molecule has 0 fully saturated rings. The lowest BCUT2D eigenvalue weighted by Crippen LogP contribution is -2.44. The van der Waals surface area contributed by atoms with Gasteiger partial charge in [0.1, 0.15) is 6.04 Å². The minimum Gasteiger partial charge on any atom is -0.399 e. The third-order valence-corrected chi connectivity index (χ3v) is 2.66. The molecule has 1 unspecified atom stereocenters. The van der Waals surface area contributed by atoms with E-state index in [-0.39, 0.29) is 11.5 Å². The molecule has 1 atom stereocenters. The normalized spacial score (nSPS) is 11.7. The molecule has 4 N–H and O–H groups in total. The van der Waals surface area contributed by atoms with Gasteiger partial charge >= 0.3 is 0 Å². The Morgan fingerprint density at radius 1 is 1.44 bits per heavy atom. The number of hydrogen-bond acceptors (Lipinski definition) is 3. The van der Waals surface area contributed by atoms with Gasteiger partial charge in [0.2, 0.25) is 5.91 Å². The summed E-state index contributed by atoms with van der Waals surface area (Å²) in [7, 11) is 0. The van der Waals surface area contributed by atoms with Crippen LogP contribution in [0.15, 0.2) is 18.2 Å². The Labute approximate surface area is 111 Å². The van der Waals surface area contributed by atoms with Crippen LogP contribution >= 0.6 is 11.6 Å². The third kappa shape index (κ3) is 3.63. The van der Waals surface area contributed by atoms with Crippen molar-refractivity contribution in [3.63, 3.8) is 0 Å². The average molecular weight is 270 g/mol. The lowest BCUT2D eigenvalue weighted by Gasteiger charge is -2.14.